The van der Waals surface area contributed by atoms with E-state index in [9.17, 15) is 4.79 Å². The summed E-state index contributed by atoms with van der Waals surface area (Å²) >= 11 is 5.89. The summed E-state index contributed by atoms with van der Waals surface area (Å²) in [7, 11) is 0. The number of piperazine rings is 1. The van der Waals surface area contributed by atoms with Gasteiger partial charge in [-0.15, -0.1) is 0 Å². The molecule has 0 saturated carbocycles. The van der Waals surface area contributed by atoms with Crippen LogP contribution in [0.5, 0.6) is 0 Å². The Kier molecular flexibility index (Phi) is 4.42. The van der Waals surface area contributed by atoms with Gasteiger partial charge in [-0.1, -0.05) is 23.7 Å². The molecular weight excluding hydrogens is 336 g/mol. The van der Waals surface area contributed by atoms with Gasteiger partial charge in [0, 0.05) is 36.8 Å². The first kappa shape index (κ1) is 16.1. The second-order valence-corrected chi connectivity index (χ2v) is 6.71. The maximum Gasteiger partial charge on any atom is 0.253 e. The standard InChI is InChI=1S/C19H19ClN4O/c20-15-7-5-14(6-8-15)19(25)24-11-9-23(10-12-24)13-18-21-16-3-1-2-4-17(16)22-18/h1-8H,9-13H2,(H,21,22). The molecule has 1 aliphatic heterocycles. The van der Waals surface area contributed by atoms with Crippen molar-refractivity contribution in [1.82, 2.24) is 19.8 Å². The molecule has 0 radical (unpaired) electrons. The average Bonchev–Trinajstić information content (AvgIpc) is 3.05. The average molecular weight is 355 g/mol. The van der Waals surface area contributed by atoms with Crippen LogP contribution in [0, 0.1) is 0 Å². The van der Waals surface area contributed by atoms with Gasteiger partial charge in [-0.2, -0.15) is 0 Å². The fraction of sp³-hybridized carbons (Fsp3) is 0.263. The first-order valence-corrected chi connectivity index (χ1v) is 8.78. The highest BCUT2D eigenvalue weighted by Gasteiger charge is 2.22. The third-order valence-electron chi connectivity index (χ3n) is 4.56. The monoisotopic (exact) mass is 354 g/mol. The van der Waals surface area contributed by atoms with Crippen LogP contribution in [0.3, 0.4) is 0 Å². The smallest absolute Gasteiger partial charge is 0.253 e. The van der Waals surface area contributed by atoms with Crippen molar-refractivity contribution in [2.45, 2.75) is 6.54 Å². The Labute approximate surface area is 151 Å². The molecule has 1 saturated heterocycles. The third kappa shape index (κ3) is 3.52. The van der Waals surface area contributed by atoms with Crippen LogP contribution >= 0.6 is 11.6 Å². The number of rotatable bonds is 3. The number of carbonyl (C=O) groups is 1. The van der Waals surface area contributed by atoms with Crippen LogP contribution in [0.2, 0.25) is 5.02 Å². The summed E-state index contributed by atoms with van der Waals surface area (Å²) in [5.74, 6) is 1.04. The second-order valence-electron chi connectivity index (χ2n) is 6.28. The fourth-order valence-corrected chi connectivity index (χ4v) is 3.30. The Morgan fingerprint density at radius 3 is 2.48 bits per heavy atom. The van der Waals surface area contributed by atoms with Gasteiger partial charge in [0.1, 0.15) is 5.82 Å². The maximum atomic E-state index is 12.5. The SMILES string of the molecule is O=C(c1ccc(Cl)cc1)N1CCN(Cc2nc3ccccc3[nH]2)CC1. The number of hydrogen-bond acceptors (Lipinski definition) is 3. The first-order chi connectivity index (χ1) is 12.2. The maximum absolute atomic E-state index is 12.5. The van der Waals surface area contributed by atoms with Gasteiger partial charge in [0.25, 0.3) is 5.91 Å². The fourth-order valence-electron chi connectivity index (χ4n) is 3.18. The van der Waals surface area contributed by atoms with E-state index in [4.69, 9.17) is 11.6 Å². The topological polar surface area (TPSA) is 52.2 Å². The molecule has 1 fully saturated rings. The highest BCUT2D eigenvalue weighted by Crippen LogP contribution is 2.15. The Bertz CT molecular complexity index is 849. The summed E-state index contributed by atoms with van der Waals surface area (Å²) in [5, 5.41) is 0.646. The predicted molar refractivity (Wildman–Crippen MR) is 98.7 cm³/mol. The quantitative estimate of drug-likeness (QED) is 0.786. The highest BCUT2D eigenvalue weighted by molar-refractivity contribution is 6.30. The molecule has 5 nitrogen and oxygen atoms in total. The molecule has 0 atom stereocenters. The first-order valence-electron chi connectivity index (χ1n) is 8.40. The van der Waals surface area contributed by atoms with Crippen molar-refractivity contribution in [2.75, 3.05) is 26.2 Å². The molecule has 4 rings (SSSR count). The van der Waals surface area contributed by atoms with E-state index in [-0.39, 0.29) is 5.91 Å². The number of fused-ring (bicyclic) bond motifs is 1. The zero-order valence-electron chi connectivity index (χ0n) is 13.8. The number of imidazole rings is 1. The highest BCUT2D eigenvalue weighted by atomic mass is 35.5. The Morgan fingerprint density at radius 1 is 1.04 bits per heavy atom. The summed E-state index contributed by atoms with van der Waals surface area (Å²) in [6.07, 6.45) is 0. The molecule has 1 aromatic heterocycles. The van der Waals surface area contributed by atoms with Crippen molar-refractivity contribution < 1.29 is 4.79 Å². The van der Waals surface area contributed by atoms with Crippen molar-refractivity contribution >= 4 is 28.5 Å². The van der Waals surface area contributed by atoms with E-state index in [0.29, 0.717) is 10.6 Å². The number of aromatic nitrogens is 2. The van der Waals surface area contributed by atoms with Crippen molar-refractivity contribution in [3.8, 4) is 0 Å². The molecule has 1 aliphatic rings. The molecule has 6 heteroatoms. The molecule has 128 valence electrons. The second kappa shape index (κ2) is 6.86. The van der Waals surface area contributed by atoms with Gasteiger partial charge < -0.3 is 9.88 Å². The number of H-pyrrole nitrogens is 1. The molecule has 0 unspecified atom stereocenters. The summed E-state index contributed by atoms with van der Waals surface area (Å²) in [4.78, 5) is 24.8. The van der Waals surface area contributed by atoms with Crippen LogP contribution in [0.1, 0.15) is 16.2 Å². The number of hydrogen-bond donors (Lipinski definition) is 1. The lowest BCUT2D eigenvalue weighted by Crippen LogP contribution is -2.48. The van der Waals surface area contributed by atoms with E-state index in [1.54, 1.807) is 24.3 Å². The van der Waals surface area contributed by atoms with E-state index in [2.05, 4.69) is 14.9 Å². The lowest BCUT2D eigenvalue weighted by Gasteiger charge is -2.34. The number of aromatic amines is 1. The van der Waals surface area contributed by atoms with Gasteiger partial charge in [0.2, 0.25) is 0 Å². The Morgan fingerprint density at radius 2 is 1.76 bits per heavy atom. The van der Waals surface area contributed by atoms with Crippen molar-refractivity contribution in [3.63, 3.8) is 0 Å². The number of nitrogens with one attached hydrogen (secondary N) is 1. The molecule has 3 aromatic rings. The summed E-state index contributed by atoms with van der Waals surface area (Å²) in [6, 6.07) is 15.1. The van der Waals surface area contributed by atoms with Gasteiger partial charge in [0.05, 0.1) is 17.6 Å². The zero-order chi connectivity index (χ0) is 17.2. The van der Waals surface area contributed by atoms with Gasteiger partial charge in [-0.25, -0.2) is 4.98 Å². The molecule has 25 heavy (non-hydrogen) atoms. The summed E-state index contributed by atoms with van der Waals surface area (Å²) in [5.41, 5.74) is 2.75. The van der Waals surface area contributed by atoms with Crippen molar-refractivity contribution in [3.05, 3.63) is 64.9 Å². The van der Waals surface area contributed by atoms with E-state index in [1.165, 1.54) is 0 Å². The summed E-state index contributed by atoms with van der Waals surface area (Å²) < 4.78 is 0. The molecule has 0 bridgehead atoms. The lowest BCUT2D eigenvalue weighted by molar-refractivity contribution is 0.0626. The van der Waals surface area contributed by atoms with E-state index in [0.717, 1.165) is 49.6 Å². The molecule has 2 heterocycles. The number of benzene rings is 2. The van der Waals surface area contributed by atoms with Gasteiger partial charge in [0.15, 0.2) is 0 Å². The van der Waals surface area contributed by atoms with Gasteiger partial charge in [-0.05, 0) is 36.4 Å². The number of para-hydroxylation sites is 2. The Hall–Kier alpha value is -2.37. The van der Waals surface area contributed by atoms with Crippen LogP contribution in [0.15, 0.2) is 48.5 Å². The minimum absolute atomic E-state index is 0.0695. The molecular formula is C19H19ClN4O. The van der Waals surface area contributed by atoms with Crippen LogP contribution < -0.4 is 0 Å². The van der Waals surface area contributed by atoms with Crippen LogP contribution in [-0.4, -0.2) is 51.9 Å². The minimum atomic E-state index is 0.0695. The Balaban J connectivity index is 1.36. The van der Waals surface area contributed by atoms with Gasteiger partial charge in [-0.3, -0.25) is 9.69 Å². The lowest BCUT2D eigenvalue weighted by atomic mass is 10.2. The molecule has 0 aliphatic carbocycles. The molecule has 0 spiro atoms. The zero-order valence-corrected chi connectivity index (χ0v) is 14.5. The number of amides is 1. The number of nitrogens with zero attached hydrogens (tertiary/aromatic N) is 3. The minimum Gasteiger partial charge on any atom is -0.341 e. The van der Waals surface area contributed by atoms with E-state index < -0.39 is 0 Å². The van der Waals surface area contributed by atoms with Crippen molar-refractivity contribution in [1.29, 1.82) is 0 Å². The molecule has 2 aromatic carbocycles. The third-order valence-corrected chi connectivity index (χ3v) is 4.81. The largest absolute Gasteiger partial charge is 0.341 e. The van der Waals surface area contributed by atoms with Crippen LogP contribution in [-0.2, 0) is 6.54 Å². The van der Waals surface area contributed by atoms with Crippen LogP contribution in [0.25, 0.3) is 11.0 Å². The van der Waals surface area contributed by atoms with E-state index >= 15 is 0 Å². The predicted octanol–water partition coefficient (Wildman–Crippen LogP) is 3.17. The van der Waals surface area contributed by atoms with Gasteiger partial charge >= 0.3 is 0 Å². The normalized spacial score (nSPS) is 15.6. The van der Waals surface area contributed by atoms with Crippen LogP contribution in [0.4, 0.5) is 0 Å². The summed E-state index contributed by atoms with van der Waals surface area (Å²) in [6.45, 7) is 3.91. The molecule has 1 N–H and O–H groups in total. The van der Waals surface area contributed by atoms with Crippen molar-refractivity contribution in [2.24, 2.45) is 0 Å². The molecule has 1 amide bonds. The van der Waals surface area contributed by atoms with E-state index in [1.807, 2.05) is 29.2 Å². The number of halogens is 1. The number of carbonyl (C=O) groups excluding carboxylic acids is 1.